The Hall–Kier alpha value is -2.10. The number of benzene rings is 1. The fraction of sp³-hybridized carbons (Fsp3) is 0.474. The molecule has 4 rings (SSSR count). The summed E-state index contributed by atoms with van der Waals surface area (Å²) >= 11 is 0. The predicted molar refractivity (Wildman–Crippen MR) is 92.6 cm³/mol. The Labute approximate surface area is 137 Å². The molecule has 0 unspecified atom stereocenters. The Morgan fingerprint density at radius 2 is 2.00 bits per heavy atom. The van der Waals surface area contributed by atoms with Crippen molar-refractivity contribution in [1.29, 1.82) is 0 Å². The van der Waals surface area contributed by atoms with Crippen molar-refractivity contribution in [2.45, 2.75) is 26.2 Å². The molecule has 0 radical (unpaired) electrons. The van der Waals surface area contributed by atoms with Gasteiger partial charge in [-0.3, -0.25) is 9.78 Å². The van der Waals surface area contributed by atoms with E-state index in [-0.39, 0.29) is 0 Å². The van der Waals surface area contributed by atoms with Gasteiger partial charge in [0, 0.05) is 49.4 Å². The molecule has 4 heteroatoms. The summed E-state index contributed by atoms with van der Waals surface area (Å²) in [4.78, 5) is 21.3. The predicted octanol–water partition coefficient (Wildman–Crippen LogP) is 2.99. The van der Waals surface area contributed by atoms with Crippen molar-refractivity contribution in [1.82, 2.24) is 9.88 Å². The van der Waals surface area contributed by atoms with Crippen LogP contribution in [0.4, 0.5) is 5.69 Å². The summed E-state index contributed by atoms with van der Waals surface area (Å²) in [6.07, 6.45) is 5.11. The number of rotatable bonds is 2. The number of amides is 1. The van der Waals surface area contributed by atoms with E-state index in [0.717, 1.165) is 51.0 Å². The van der Waals surface area contributed by atoms with Crippen molar-refractivity contribution in [3.63, 3.8) is 0 Å². The van der Waals surface area contributed by atoms with Gasteiger partial charge in [-0.25, -0.2) is 0 Å². The number of hydrogen-bond acceptors (Lipinski definition) is 3. The fourth-order valence-electron chi connectivity index (χ4n) is 3.49. The molecule has 0 N–H and O–H groups in total. The van der Waals surface area contributed by atoms with E-state index in [1.165, 1.54) is 16.6 Å². The molecule has 2 fully saturated rings. The molecule has 0 spiro atoms. The second-order valence-electron chi connectivity index (χ2n) is 6.79. The third-order valence-corrected chi connectivity index (χ3v) is 4.95. The number of hydrogen-bond donors (Lipinski definition) is 0. The second-order valence-corrected chi connectivity index (χ2v) is 6.79. The van der Waals surface area contributed by atoms with Crippen molar-refractivity contribution in [3.05, 3.63) is 36.0 Å². The average Bonchev–Trinajstić information content (AvgIpc) is 3.40. The van der Waals surface area contributed by atoms with E-state index >= 15 is 0 Å². The summed E-state index contributed by atoms with van der Waals surface area (Å²) in [5, 5.41) is 1.22. The van der Waals surface area contributed by atoms with Crippen LogP contribution in [0.1, 0.15) is 24.8 Å². The molecule has 1 aromatic carbocycles. The molecular weight excluding hydrogens is 286 g/mol. The second kappa shape index (κ2) is 5.84. The third-order valence-electron chi connectivity index (χ3n) is 4.95. The van der Waals surface area contributed by atoms with E-state index in [0.29, 0.717) is 11.8 Å². The molecule has 2 heterocycles. The van der Waals surface area contributed by atoms with Crippen LogP contribution in [0, 0.1) is 12.8 Å². The highest BCUT2D eigenvalue weighted by Crippen LogP contribution is 2.32. The lowest BCUT2D eigenvalue weighted by molar-refractivity contribution is -0.132. The molecule has 1 saturated carbocycles. The zero-order valence-electron chi connectivity index (χ0n) is 13.7. The Balaban J connectivity index is 1.58. The quantitative estimate of drug-likeness (QED) is 0.855. The Kier molecular flexibility index (Phi) is 3.68. The minimum atomic E-state index is 0.325. The number of aryl methyl sites for hydroxylation is 1. The lowest BCUT2D eigenvalue weighted by Gasteiger charge is -2.25. The summed E-state index contributed by atoms with van der Waals surface area (Å²) < 4.78 is 0. The molecule has 23 heavy (non-hydrogen) atoms. The third kappa shape index (κ3) is 2.90. The first-order valence-electron chi connectivity index (χ1n) is 8.61. The van der Waals surface area contributed by atoms with E-state index in [2.05, 4.69) is 46.0 Å². The van der Waals surface area contributed by atoms with Gasteiger partial charge in [-0.15, -0.1) is 0 Å². The normalized spacial score (nSPS) is 19.0. The molecule has 1 aliphatic heterocycles. The molecule has 2 aromatic rings. The molecule has 2 aliphatic rings. The Morgan fingerprint density at radius 3 is 2.83 bits per heavy atom. The van der Waals surface area contributed by atoms with Crippen LogP contribution in [0.15, 0.2) is 30.5 Å². The van der Waals surface area contributed by atoms with Gasteiger partial charge in [0.05, 0.1) is 5.52 Å². The van der Waals surface area contributed by atoms with E-state index < -0.39 is 0 Å². The topological polar surface area (TPSA) is 36.4 Å². The number of anilines is 1. The SMILES string of the molecule is Cc1ccc2nccc(N3CCCN(C(=O)C4CC4)CC3)c2c1. The van der Waals surface area contributed by atoms with Crippen molar-refractivity contribution in [2.75, 3.05) is 31.1 Å². The number of carbonyl (C=O) groups excluding carboxylic acids is 1. The molecule has 4 nitrogen and oxygen atoms in total. The zero-order valence-corrected chi connectivity index (χ0v) is 13.7. The van der Waals surface area contributed by atoms with Gasteiger partial charge < -0.3 is 9.80 Å². The minimum Gasteiger partial charge on any atom is -0.369 e. The van der Waals surface area contributed by atoms with Crippen LogP contribution in [0.25, 0.3) is 10.9 Å². The van der Waals surface area contributed by atoms with Crippen LogP contribution in [-0.2, 0) is 4.79 Å². The molecule has 120 valence electrons. The smallest absolute Gasteiger partial charge is 0.225 e. The lowest BCUT2D eigenvalue weighted by Crippen LogP contribution is -2.36. The van der Waals surface area contributed by atoms with Gasteiger partial charge in [0.1, 0.15) is 0 Å². The van der Waals surface area contributed by atoms with E-state index in [1.54, 1.807) is 0 Å². The maximum Gasteiger partial charge on any atom is 0.225 e. The van der Waals surface area contributed by atoms with Crippen LogP contribution in [0.2, 0.25) is 0 Å². The van der Waals surface area contributed by atoms with Crippen LogP contribution in [-0.4, -0.2) is 42.0 Å². The fourth-order valence-corrected chi connectivity index (χ4v) is 3.49. The Bertz CT molecular complexity index is 738. The van der Waals surface area contributed by atoms with E-state index in [1.807, 2.05) is 6.20 Å². The zero-order chi connectivity index (χ0) is 15.8. The van der Waals surface area contributed by atoms with E-state index in [4.69, 9.17) is 0 Å². The first-order chi connectivity index (χ1) is 11.2. The van der Waals surface area contributed by atoms with Gasteiger partial charge in [0.25, 0.3) is 0 Å². The van der Waals surface area contributed by atoms with Crippen molar-refractivity contribution >= 4 is 22.5 Å². The highest BCUT2D eigenvalue weighted by atomic mass is 16.2. The minimum absolute atomic E-state index is 0.325. The number of aromatic nitrogens is 1. The first-order valence-corrected chi connectivity index (χ1v) is 8.61. The van der Waals surface area contributed by atoms with Gasteiger partial charge in [-0.1, -0.05) is 11.6 Å². The standard InChI is InChI=1S/C19H23N3O/c1-14-3-6-17-16(13-14)18(7-8-20-17)21-9-2-10-22(12-11-21)19(23)15-4-5-15/h3,6-8,13,15H,2,4-5,9-12H2,1H3. The van der Waals surface area contributed by atoms with Gasteiger partial charge in [0.2, 0.25) is 5.91 Å². The van der Waals surface area contributed by atoms with Crippen LogP contribution < -0.4 is 4.90 Å². The van der Waals surface area contributed by atoms with Gasteiger partial charge in [-0.2, -0.15) is 0 Å². The van der Waals surface area contributed by atoms with Gasteiger partial charge in [-0.05, 0) is 44.4 Å². The van der Waals surface area contributed by atoms with Crippen molar-refractivity contribution < 1.29 is 4.79 Å². The largest absolute Gasteiger partial charge is 0.369 e. The Morgan fingerprint density at radius 1 is 1.13 bits per heavy atom. The summed E-state index contributed by atoms with van der Waals surface area (Å²) in [6, 6.07) is 8.53. The van der Waals surface area contributed by atoms with Crippen molar-refractivity contribution in [3.8, 4) is 0 Å². The van der Waals surface area contributed by atoms with Crippen LogP contribution in [0.5, 0.6) is 0 Å². The summed E-state index contributed by atoms with van der Waals surface area (Å²) in [5.74, 6) is 0.702. The average molecular weight is 309 g/mol. The molecule has 1 amide bonds. The number of fused-ring (bicyclic) bond motifs is 1. The molecular formula is C19H23N3O. The van der Waals surface area contributed by atoms with Gasteiger partial charge in [0.15, 0.2) is 0 Å². The number of nitrogens with zero attached hydrogens (tertiary/aromatic N) is 3. The molecule has 1 aromatic heterocycles. The summed E-state index contributed by atoms with van der Waals surface area (Å²) in [7, 11) is 0. The molecule has 0 bridgehead atoms. The number of carbonyl (C=O) groups is 1. The van der Waals surface area contributed by atoms with Crippen LogP contribution in [0.3, 0.4) is 0 Å². The molecule has 0 atom stereocenters. The van der Waals surface area contributed by atoms with Gasteiger partial charge >= 0.3 is 0 Å². The highest BCUT2D eigenvalue weighted by Gasteiger charge is 2.34. The highest BCUT2D eigenvalue weighted by molar-refractivity contribution is 5.92. The number of pyridine rings is 1. The van der Waals surface area contributed by atoms with E-state index in [9.17, 15) is 4.79 Å². The summed E-state index contributed by atoms with van der Waals surface area (Å²) in [6.45, 7) is 5.76. The van der Waals surface area contributed by atoms with Crippen molar-refractivity contribution in [2.24, 2.45) is 5.92 Å². The maximum atomic E-state index is 12.3. The summed E-state index contributed by atoms with van der Waals surface area (Å²) in [5.41, 5.74) is 3.55. The maximum absolute atomic E-state index is 12.3. The lowest BCUT2D eigenvalue weighted by atomic mass is 10.1. The molecule has 1 aliphatic carbocycles. The monoisotopic (exact) mass is 309 g/mol. The first kappa shape index (κ1) is 14.5. The molecule has 1 saturated heterocycles. The van der Waals surface area contributed by atoms with Crippen LogP contribution >= 0.6 is 0 Å².